The van der Waals surface area contributed by atoms with Gasteiger partial charge in [-0.1, -0.05) is 6.08 Å². The van der Waals surface area contributed by atoms with E-state index in [0.29, 0.717) is 0 Å². The van der Waals surface area contributed by atoms with Gasteiger partial charge < -0.3 is 59.1 Å². The summed E-state index contributed by atoms with van der Waals surface area (Å²) in [5.74, 6) is -6.55. The molecule has 0 spiro atoms. The number of hydrogen-bond donors (Lipinski definition) is 7. The maximum atomic E-state index is 13.2. The van der Waals surface area contributed by atoms with Crippen LogP contribution in [0.1, 0.15) is 40.5 Å². The van der Waals surface area contributed by atoms with Gasteiger partial charge >= 0.3 is 17.9 Å². The van der Waals surface area contributed by atoms with Crippen LogP contribution < -0.4 is 0 Å². The van der Waals surface area contributed by atoms with E-state index in [-0.39, 0.29) is 12.1 Å². The fraction of sp³-hybridized carbons (Fsp3) is 0.655. The number of aliphatic hydroxyl groups excluding tert-OH is 3. The number of hydrogen-bond acceptors (Lipinski definition) is 18. The van der Waals surface area contributed by atoms with E-state index in [4.69, 9.17) is 33.8 Å². The van der Waals surface area contributed by atoms with Crippen LogP contribution in [0, 0.1) is 5.41 Å². The number of carboxylic acid groups (broad SMARTS) is 1. The third kappa shape index (κ3) is 7.40. The standard InChI is InChI=1S/C29H38N2O16S/c1-6-14(31-10-48)27(39)47-22-16(9-43-13(4)33)45-25(28(40)8-15(34)20(30)19(24(28)36)26(37)38)21(35)23(22)46-18-7-17(42-5)29(41,11(2)32)12(3)44-18/h6,11-12,16-18,21-23,25,30,32,35-36,40-41H,7-9H2,1-5H3,(H,37,38)/b14-6-,30-20?. The fourth-order valence-electron chi connectivity index (χ4n) is 5.92. The van der Waals surface area contributed by atoms with Crippen molar-refractivity contribution in [3.63, 3.8) is 0 Å². The number of nitrogens with one attached hydrogen (secondary N) is 1. The van der Waals surface area contributed by atoms with E-state index in [0.717, 1.165) is 6.92 Å². The van der Waals surface area contributed by atoms with E-state index in [9.17, 15) is 49.8 Å². The lowest BCUT2D eigenvalue weighted by molar-refractivity contribution is -0.344. The van der Waals surface area contributed by atoms with Gasteiger partial charge in [-0.3, -0.25) is 15.0 Å². The van der Waals surface area contributed by atoms with Gasteiger partial charge in [0.2, 0.25) is 0 Å². The van der Waals surface area contributed by atoms with Gasteiger partial charge in [-0.25, -0.2) is 9.59 Å². The zero-order valence-electron chi connectivity index (χ0n) is 26.5. The Balaban J connectivity index is 2.17. The van der Waals surface area contributed by atoms with Crippen LogP contribution in [0.5, 0.6) is 0 Å². The van der Waals surface area contributed by atoms with Gasteiger partial charge in [0.25, 0.3) is 0 Å². The molecule has 2 saturated heterocycles. The van der Waals surface area contributed by atoms with Crippen molar-refractivity contribution >= 4 is 46.8 Å². The minimum absolute atomic E-state index is 0.296. The summed E-state index contributed by atoms with van der Waals surface area (Å²) in [7, 11) is 1.25. The summed E-state index contributed by atoms with van der Waals surface area (Å²) in [6, 6.07) is 0. The number of carbonyl (C=O) groups is 4. The van der Waals surface area contributed by atoms with Gasteiger partial charge in [0.05, 0.1) is 29.9 Å². The zero-order chi connectivity index (χ0) is 36.3. The molecule has 266 valence electrons. The maximum Gasteiger partial charge on any atom is 0.357 e. The van der Waals surface area contributed by atoms with Crippen molar-refractivity contribution in [3.8, 4) is 0 Å². The number of thiocarbonyl (C=S) groups is 1. The van der Waals surface area contributed by atoms with Crippen molar-refractivity contribution in [1.29, 1.82) is 5.41 Å². The summed E-state index contributed by atoms with van der Waals surface area (Å²) < 4.78 is 33.8. The summed E-state index contributed by atoms with van der Waals surface area (Å²) in [4.78, 5) is 53.2. The van der Waals surface area contributed by atoms with E-state index in [1.54, 1.807) is 0 Å². The number of allylic oxidation sites excluding steroid dienone is 1. The van der Waals surface area contributed by atoms with Gasteiger partial charge in [0, 0.05) is 20.5 Å². The normalized spacial score (nSPS) is 36.6. The minimum atomic E-state index is -3.00. The molecular formula is C29H38N2O16S. The molecule has 1 aliphatic carbocycles. The predicted molar refractivity (Wildman–Crippen MR) is 161 cm³/mol. The highest BCUT2D eigenvalue weighted by molar-refractivity contribution is 7.78. The monoisotopic (exact) mass is 702 g/mol. The lowest BCUT2D eigenvalue weighted by Gasteiger charge is -2.51. The molecule has 0 aromatic rings. The average Bonchev–Trinajstić information content (AvgIpc) is 3.01. The van der Waals surface area contributed by atoms with E-state index in [2.05, 4.69) is 17.2 Å². The first kappa shape index (κ1) is 39.0. The summed E-state index contributed by atoms with van der Waals surface area (Å²) in [5, 5.41) is 75.3. The van der Waals surface area contributed by atoms with Crippen molar-refractivity contribution in [2.75, 3.05) is 13.7 Å². The number of rotatable bonds is 11. The van der Waals surface area contributed by atoms with Gasteiger partial charge in [-0.15, -0.1) is 0 Å². The largest absolute Gasteiger partial charge is 0.508 e. The van der Waals surface area contributed by atoms with E-state index in [1.165, 1.54) is 34.0 Å². The SMILES string of the molecule is C/C=C(\N=C=S)C(=O)OC1C(COC(C)=O)OC(C2(O)CC(=O)C(=N)C(C(=O)O)=C2O)C(O)C1OC1CC(OC)C(O)(C(C)O)C(C)O1. The van der Waals surface area contributed by atoms with Crippen molar-refractivity contribution in [2.24, 2.45) is 4.99 Å². The third-order valence-corrected chi connectivity index (χ3v) is 8.57. The number of esters is 2. The highest BCUT2D eigenvalue weighted by Gasteiger charge is 2.61. The Morgan fingerprint density at radius 2 is 1.90 bits per heavy atom. The molecule has 7 N–H and O–H groups in total. The van der Waals surface area contributed by atoms with Crippen LogP contribution in [0.25, 0.3) is 0 Å². The number of Topliss-reactive ketones (excluding diaryl/α,β-unsaturated/α-hetero) is 1. The van der Waals surface area contributed by atoms with Crippen LogP contribution in [0.4, 0.5) is 0 Å². The number of aliphatic carboxylic acids is 1. The summed E-state index contributed by atoms with van der Waals surface area (Å²) >= 11 is 4.57. The van der Waals surface area contributed by atoms with Crippen LogP contribution in [0.2, 0.25) is 0 Å². The first-order valence-corrected chi connectivity index (χ1v) is 15.0. The molecule has 0 saturated carbocycles. The molecule has 0 bridgehead atoms. The zero-order valence-corrected chi connectivity index (χ0v) is 27.3. The Hall–Kier alpha value is -3.49. The molecule has 19 heteroatoms. The summed E-state index contributed by atoms with van der Waals surface area (Å²) in [5.41, 5.74) is -7.66. The van der Waals surface area contributed by atoms with Crippen LogP contribution >= 0.6 is 12.2 Å². The lowest BCUT2D eigenvalue weighted by Crippen LogP contribution is -2.70. The second-order valence-corrected chi connectivity index (χ2v) is 11.6. The van der Waals surface area contributed by atoms with Gasteiger partial charge in [-0.05, 0) is 33.0 Å². The van der Waals surface area contributed by atoms with Crippen molar-refractivity contribution in [1.82, 2.24) is 0 Å². The third-order valence-electron chi connectivity index (χ3n) is 8.48. The molecule has 0 amide bonds. The molecule has 11 atom stereocenters. The molecule has 48 heavy (non-hydrogen) atoms. The Bertz CT molecular complexity index is 1430. The lowest BCUT2D eigenvalue weighted by atomic mass is 9.74. The molecule has 2 aliphatic heterocycles. The van der Waals surface area contributed by atoms with Crippen molar-refractivity contribution < 1.29 is 78.2 Å². The summed E-state index contributed by atoms with van der Waals surface area (Å²) in [6.07, 6.45) is -14.9. The number of methoxy groups -OCH3 is 1. The van der Waals surface area contributed by atoms with Crippen molar-refractivity contribution in [3.05, 3.63) is 23.1 Å². The van der Waals surface area contributed by atoms with Gasteiger partial charge in [-0.2, -0.15) is 4.99 Å². The van der Waals surface area contributed by atoms with Crippen LogP contribution in [-0.4, -0.2) is 145 Å². The number of ether oxygens (including phenoxy) is 6. The van der Waals surface area contributed by atoms with E-state index >= 15 is 0 Å². The topological polar surface area (TPSA) is 281 Å². The second-order valence-electron chi connectivity index (χ2n) is 11.4. The minimum Gasteiger partial charge on any atom is -0.508 e. The number of carboxylic acids is 1. The molecule has 2 fully saturated rings. The molecule has 18 nitrogen and oxygen atoms in total. The molecule has 11 unspecified atom stereocenters. The first-order valence-electron chi connectivity index (χ1n) is 14.6. The Morgan fingerprint density at radius 3 is 2.42 bits per heavy atom. The van der Waals surface area contributed by atoms with Crippen LogP contribution in [-0.2, 0) is 47.6 Å². The molecule has 0 aromatic heterocycles. The summed E-state index contributed by atoms with van der Waals surface area (Å²) in [6.45, 7) is 4.44. The quantitative estimate of drug-likeness (QED) is 0.0580. The smallest absolute Gasteiger partial charge is 0.357 e. The number of carbonyl (C=O) groups excluding carboxylic acids is 3. The van der Waals surface area contributed by atoms with E-state index < -0.39 is 120 Å². The molecular weight excluding hydrogens is 664 g/mol. The molecule has 2 heterocycles. The molecule has 3 aliphatic rings. The Kier molecular flexibility index (Phi) is 12.5. The van der Waals surface area contributed by atoms with Crippen LogP contribution in [0.3, 0.4) is 0 Å². The van der Waals surface area contributed by atoms with Gasteiger partial charge in [0.1, 0.15) is 53.7 Å². The first-order chi connectivity index (χ1) is 22.4. The number of ketones is 1. The predicted octanol–water partition coefficient (Wildman–Crippen LogP) is -1.14. The number of aliphatic imine (C=N–C) groups is 1. The van der Waals surface area contributed by atoms with Gasteiger partial charge in [0.15, 0.2) is 29.5 Å². The molecule has 0 aromatic carbocycles. The average molecular weight is 703 g/mol. The number of isothiocyanates is 1. The highest BCUT2D eigenvalue weighted by atomic mass is 32.1. The number of aliphatic hydroxyl groups is 5. The fourth-order valence-corrected chi connectivity index (χ4v) is 6.02. The molecule has 0 radical (unpaired) electrons. The highest BCUT2D eigenvalue weighted by Crippen LogP contribution is 2.42. The van der Waals surface area contributed by atoms with E-state index in [1.807, 2.05) is 5.16 Å². The molecule has 3 rings (SSSR count). The van der Waals surface area contributed by atoms with Crippen molar-refractivity contribution in [2.45, 2.75) is 107 Å². The Labute approximate surface area is 279 Å². The second kappa shape index (κ2) is 15.4. The van der Waals surface area contributed by atoms with Crippen LogP contribution in [0.15, 0.2) is 28.1 Å². The maximum absolute atomic E-state index is 13.2. The Morgan fingerprint density at radius 1 is 1.25 bits per heavy atom. The number of nitrogens with zero attached hydrogens (tertiary/aromatic N) is 1.